The molecule has 72 valence electrons. The van der Waals surface area contributed by atoms with Crippen molar-refractivity contribution in [1.82, 2.24) is 5.39 Å². The van der Waals surface area contributed by atoms with E-state index in [-0.39, 0.29) is 6.61 Å². The number of nitrogens with zero attached hydrogens (tertiary/aromatic N) is 1. The van der Waals surface area contributed by atoms with Crippen molar-refractivity contribution in [3.63, 3.8) is 0 Å². The number of hydrogen-bond acceptors (Lipinski definition) is 4. The molecule has 0 aromatic heterocycles. The van der Waals surface area contributed by atoms with Crippen molar-refractivity contribution in [1.29, 1.82) is 0 Å². The first-order valence-electron chi connectivity index (χ1n) is 4.01. The highest BCUT2D eigenvalue weighted by Crippen LogP contribution is 2.10. The van der Waals surface area contributed by atoms with Crippen LogP contribution in [0.15, 0.2) is 35.5 Å². The summed E-state index contributed by atoms with van der Waals surface area (Å²) in [6.07, 6.45) is 8.63. The summed E-state index contributed by atoms with van der Waals surface area (Å²) >= 11 is 0. The van der Waals surface area contributed by atoms with Crippen LogP contribution in [0.2, 0.25) is 0 Å². The number of allylic oxidation sites excluding steroid dienone is 4. The molecule has 1 N–H and O–H groups in total. The molecule has 13 heavy (non-hydrogen) atoms. The van der Waals surface area contributed by atoms with Crippen LogP contribution in [-0.2, 0) is 4.84 Å². The Labute approximate surface area is 76.9 Å². The first kappa shape index (κ1) is 10.1. The molecular formula is C9H12NO3-. The lowest BCUT2D eigenvalue weighted by atomic mass is 10.2. The van der Waals surface area contributed by atoms with E-state index < -0.39 is 5.39 Å². The average Bonchev–Trinajstić information content (AvgIpc) is 2.27. The fraction of sp³-hybridized carbons (Fsp3) is 0.333. The molecule has 1 rings (SSSR count). The topological polar surface area (TPSA) is 55.8 Å². The van der Waals surface area contributed by atoms with Crippen LogP contribution >= 0.6 is 0 Å². The van der Waals surface area contributed by atoms with Crippen LogP contribution in [0, 0.1) is 5.21 Å². The summed E-state index contributed by atoms with van der Waals surface area (Å²) in [6.45, 7) is 2.09. The van der Waals surface area contributed by atoms with Crippen molar-refractivity contribution < 1.29 is 10.0 Å². The van der Waals surface area contributed by atoms with Gasteiger partial charge in [0, 0.05) is 0 Å². The molecule has 0 radical (unpaired) electrons. The van der Waals surface area contributed by atoms with E-state index in [2.05, 4.69) is 10.9 Å². The van der Waals surface area contributed by atoms with Gasteiger partial charge in [0.25, 0.3) is 0 Å². The molecule has 0 spiro atoms. The normalized spacial score (nSPS) is 16.9. The van der Waals surface area contributed by atoms with Gasteiger partial charge in [0.1, 0.15) is 0 Å². The molecule has 0 atom stereocenters. The van der Waals surface area contributed by atoms with Crippen LogP contribution in [0.1, 0.15) is 13.3 Å². The Balaban J connectivity index is 2.44. The van der Waals surface area contributed by atoms with Crippen LogP contribution in [0.3, 0.4) is 0 Å². The summed E-state index contributed by atoms with van der Waals surface area (Å²) in [4.78, 5) is 4.36. The maximum atomic E-state index is 10.0. The lowest BCUT2D eigenvalue weighted by molar-refractivity contribution is -0.300. The molecule has 0 heterocycles. The van der Waals surface area contributed by atoms with E-state index >= 15 is 0 Å². The van der Waals surface area contributed by atoms with Gasteiger partial charge in [0.2, 0.25) is 0 Å². The average molecular weight is 182 g/mol. The fourth-order valence-electron chi connectivity index (χ4n) is 1.01. The second-order valence-electron chi connectivity index (χ2n) is 2.81. The van der Waals surface area contributed by atoms with Crippen LogP contribution in [0.4, 0.5) is 0 Å². The van der Waals surface area contributed by atoms with E-state index in [1.54, 1.807) is 0 Å². The highest BCUT2D eigenvalue weighted by molar-refractivity contribution is 5.31. The first-order chi connectivity index (χ1) is 6.18. The Morgan fingerprint density at radius 3 is 3.00 bits per heavy atom. The summed E-state index contributed by atoms with van der Waals surface area (Å²) in [6, 6.07) is 0. The molecule has 1 aliphatic carbocycles. The van der Waals surface area contributed by atoms with Crippen LogP contribution < -0.4 is 0 Å². The highest BCUT2D eigenvalue weighted by Gasteiger charge is 1.96. The Kier molecular flexibility index (Phi) is 3.85. The molecule has 0 saturated carbocycles. The molecule has 0 aliphatic heterocycles. The van der Waals surface area contributed by atoms with Crippen molar-refractivity contribution >= 4 is 0 Å². The zero-order valence-electron chi connectivity index (χ0n) is 7.43. The fourth-order valence-corrected chi connectivity index (χ4v) is 1.01. The van der Waals surface area contributed by atoms with Gasteiger partial charge in [-0.1, -0.05) is 29.9 Å². The third-order valence-corrected chi connectivity index (χ3v) is 1.72. The van der Waals surface area contributed by atoms with Crippen molar-refractivity contribution in [3.05, 3.63) is 40.7 Å². The molecule has 0 amide bonds. The SMILES string of the molecule is CC1=CCC=C(CON([O-])O)C=C1. The smallest absolute Gasteiger partial charge is 0.0948 e. The first-order valence-corrected chi connectivity index (χ1v) is 4.01. The summed E-state index contributed by atoms with van der Waals surface area (Å²) in [7, 11) is 0. The van der Waals surface area contributed by atoms with Crippen molar-refractivity contribution in [3.8, 4) is 0 Å². The van der Waals surface area contributed by atoms with Gasteiger partial charge >= 0.3 is 0 Å². The van der Waals surface area contributed by atoms with Gasteiger partial charge in [0.05, 0.1) is 6.61 Å². The third-order valence-electron chi connectivity index (χ3n) is 1.72. The van der Waals surface area contributed by atoms with E-state index in [9.17, 15) is 5.21 Å². The van der Waals surface area contributed by atoms with E-state index in [1.807, 2.05) is 25.2 Å². The monoisotopic (exact) mass is 182 g/mol. The largest absolute Gasteiger partial charge is 0.738 e. The Hall–Kier alpha value is -0.940. The minimum atomic E-state index is -0.528. The zero-order valence-corrected chi connectivity index (χ0v) is 7.43. The van der Waals surface area contributed by atoms with Gasteiger partial charge in [-0.3, -0.25) is 4.84 Å². The minimum Gasteiger partial charge on any atom is -0.738 e. The zero-order chi connectivity index (χ0) is 9.68. The second-order valence-corrected chi connectivity index (χ2v) is 2.81. The quantitative estimate of drug-likeness (QED) is 0.677. The molecule has 0 aromatic carbocycles. The summed E-state index contributed by atoms with van der Waals surface area (Å²) in [5.74, 6) is 0. The lowest BCUT2D eigenvalue weighted by Crippen LogP contribution is -2.12. The van der Waals surface area contributed by atoms with Gasteiger partial charge in [-0.05, 0) is 18.9 Å². The summed E-state index contributed by atoms with van der Waals surface area (Å²) in [5, 5.41) is 17.7. The Bertz CT molecular complexity index is 254. The number of hydrogen-bond donors (Lipinski definition) is 1. The predicted octanol–water partition coefficient (Wildman–Crippen LogP) is 1.94. The van der Waals surface area contributed by atoms with E-state index in [0.717, 1.165) is 12.0 Å². The molecule has 0 bridgehead atoms. The summed E-state index contributed by atoms with van der Waals surface area (Å²) < 4.78 is 0. The molecule has 1 aliphatic rings. The molecule has 0 aromatic rings. The minimum absolute atomic E-state index is 0.0949. The maximum Gasteiger partial charge on any atom is 0.0948 e. The molecule has 0 unspecified atom stereocenters. The van der Waals surface area contributed by atoms with Gasteiger partial charge in [-0.25, -0.2) is 0 Å². The van der Waals surface area contributed by atoms with Crippen molar-refractivity contribution in [2.45, 2.75) is 13.3 Å². The van der Waals surface area contributed by atoms with Crippen molar-refractivity contribution in [2.24, 2.45) is 0 Å². The van der Waals surface area contributed by atoms with Gasteiger partial charge < -0.3 is 10.4 Å². The molecule has 0 fully saturated rings. The van der Waals surface area contributed by atoms with Gasteiger partial charge in [-0.2, -0.15) is 0 Å². The standard InChI is InChI=1S/C9H12NO3/c1-8-3-2-4-9(6-5-8)7-13-10(11)12/h3-6,11H,2,7H2,1H3/q-1. The van der Waals surface area contributed by atoms with E-state index in [1.165, 1.54) is 5.57 Å². The predicted molar refractivity (Wildman–Crippen MR) is 48.5 cm³/mol. The lowest BCUT2D eigenvalue weighted by Gasteiger charge is -2.18. The molecule has 4 nitrogen and oxygen atoms in total. The second kappa shape index (κ2) is 4.94. The van der Waals surface area contributed by atoms with Crippen LogP contribution in [0.25, 0.3) is 0 Å². The van der Waals surface area contributed by atoms with E-state index in [0.29, 0.717) is 0 Å². The maximum absolute atomic E-state index is 10.0. The van der Waals surface area contributed by atoms with Gasteiger partial charge in [0.15, 0.2) is 0 Å². The molecular weight excluding hydrogens is 170 g/mol. The van der Waals surface area contributed by atoms with Gasteiger partial charge in [-0.15, -0.1) is 5.39 Å². The third kappa shape index (κ3) is 4.00. The van der Waals surface area contributed by atoms with E-state index in [4.69, 9.17) is 5.21 Å². The van der Waals surface area contributed by atoms with Crippen LogP contribution in [-0.4, -0.2) is 17.2 Å². The van der Waals surface area contributed by atoms with Crippen LogP contribution in [0.5, 0.6) is 0 Å². The molecule has 4 heteroatoms. The highest BCUT2D eigenvalue weighted by atomic mass is 17.1. The van der Waals surface area contributed by atoms with Crippen molar-refractivity contribution in [2.75, 3.05) is 6.61 Å². The molecule has 0 saturated heterocycles. The summed E-state index contributed by atoms with van der Waals surface area (Å²) in [5.41, 5.74) is 2.05. The Morgan fingerprint density at radius 1 is 1.54 bits per heavy atom. The number of rotatable bonds is 3. The Morgan fingerprint density at radius 2 is 2.31 bits per heavy atom.